The van der Waals surface area contributed by atoms with E-state index >= 15 is 0 Å². The minimum atomic E-state index is -0.418. The van der Waals surface area contributed by atoms with Gasteiger partial charge in [0.05, 0.1) is 16.7 Å². The van der Waals surface area contributed by atoms with Gasteiger partial charge in [-0.25, -0.2) is 0 Å². The van der Waals surface area contributed by atoms with Crippen molar-refractivity contribution in [3.05, 3.63) is 28.3 Å². The molecule has 0 unspecified atom stereocenters. The van der Waals surface area contributed by atoms with Crippen molar-refractivity contribution in [1.82, 2.24) is 0 Å². The number of fused-ring (bicyclic) bond motifs is 1. The Balaban J connectivity index is 2.39. The molecular formula is C9H10N2O3. The van der Waals surface area contributed by atoms with Crippen molar-refractivity contribution in [2.24, 2.45) is 0 Å². The van der Waals surface area contributed by atoms with Crippen LogP contribution in [0, 0.1) is 10.1 Å². The summed E-state index contributed by atoms with van der Waals surface area (Å²) >= 11 is 0. The van der Waals surface area contributed by atoms with Gasteiger partial charge in [-0.15, -0.1) is 0 Å². The Morgan fingerprint density at radius 3 is 3.07 bits per heavy atom. The number of nitrogens with zero attached hydrogens (tertiary/aromatic N) is 2. The van der Waals surface area contributed by atoms with Crippen LogP contribution >= 0.6 is 0 Å². The second kappa shape index (κ2) is 3.17. The third kappa shape index (κ3) is 1.26. The van der Waals surface area contributed by atoms with E-state index in [1.165, 1.54) is 12.1 Å². The Morgan fingerprint density at radius 1 is 1.64 bits per heavy atom. The molecule has 14 heavy (non-hydrogen) atoms. The summed E-state index contributed by atoms with van der Waals surface area (Å²) in [6.45, 7) is 3.33. The highest BCUT2D eigenvalue weighted by Crippen LogP contribution is 2.36. The van der Waals surface area contributed by atoms with Gasteiger partial charge < -0.3 is 9.64 Å². The van der Waals surface area contributed by atoms with Crippen LogP contribution in [0.4, 0.5) is 11.4 Å². The number of hydrogen-bond donors (Lipinski definition) is 0. The van der Waals surface area contributed by atoms with E-state index in [9.17, 15) is 10.1 Å². The molecule has 0 aliphatic carbocycles. The number of nitro benzene ring substituents is 1. The van der Waals surface area contributed by atoms with Crippen molar-refractivity contribution in [1.29, 1.82) is 0 Å². The van der Waals surface area contributed by atoms with Gasteiger partial charge in [-0.2, -0.15) is 0 Å². The van der Waals surface area contributed by atoms with Crippen LogP contribution in [0.15, 0.2) is 18.2 Å². The van der Waals surface area contributed by atoms with Crippen LogP contribution in [0.5, 0.6) is 5.75 Å². The zero-order valence-corrected chi connectivity index (χ0v) is 7.77. The molecule has 0 saturated carbocycles. The molecule has 0 radical (unpaired) electrons. The molecule has 1 aromatic carbocycles. The van der Waals surface area contributed by atoms with E-state index in [1.54, 1.807) is 6.07 Å². The van der Waals surface area contributed by atoms with Crippen molar-refractivity contribution in [2.75, 3.05) is 18.2 Å². The Labute approximate surface area is 81.0 Å². The molecule has 0 saturated heterocycles. The molecule has 5 nitrogen and oxygen atoms in total. The molecule has 74 valence electrons. The highest BCUT2D eigenvalue weighted by atomic mass is 16.6. The molecule has 1 aliphatic heterocycles. The summed E-state index contributed by atoms with van der Waals surface area (Å²) < 4.78 is 5.31. The van der Waals surface area contributed by atoms with Gasteiger partial charge in [0.15, 0.2) is 12.5 Å². The lowest BCUT2D eigenvalue weighted by Crippen LogP contribution is -2.20. The third-order valence-electron chi connectivity index (χ3n) is 2.25. The number of nitro groups is 1. The topological polar surface area (TPSA) is 55.6 Å². The summed E-state index contributed by atoms with van der Waals surface area (Å²) in [6.07, 6.45) is 0. The van der Waals surface area contributed by atoms with Gasteiger partial charge in [0.2, 0.25) is 0 Å². The average Bonchev–Trinajstić information content (AvgIpc) is 2.59. The first-order valence-electron chi connectivity index (χ1n) is 4.38. The fraction of sp³-hybridized carbons (Fsp3) is 0.333. The van der Waals surface area contributed by atoms with Gasteiger partial charge in [0.1, 0.15) is 0 Å². The third-order valence-corrected chi connectivity index (χ3v) is 2.25. The van der Waals surface area contributed by atoms with Gasteiger partial charge in [0.25, 0.3) is 5.69 Å². The minimum absolute atomic E-state index is 0.0710. The predicted molar refractivity (Wildman–Crippen MR) is 51.6 cm³/mol. The fourth-order valence-corrected chi connectivity index (χ4v) is 1.47. The summed E-state index contributed by atoms with van der Waals surface area (Å²) in [5.74, 6) is 0.598. The van der Waals surface area contributed by atoms with E-state index in [4.69, 9.17) is 4.74 Å². The van der Waals surface area contributed by atoms with E-state index in [0.29, 0.717) is 12.5 Å². The maximum absolute atomic E-state index is 10.5. The minimum Gasteiger partial charge on any atom is -0.471 e. The molecule has 5 heteroatoms. The molecule has 1 heterocycles. The molecule has 1 aromatic rings. The maximum Gasteiger partial charge on any atom is 0.273 e. The standard InChI is InChI=1S/C9H10N2O3/c1-2-10-6-14-9-5-7(11(12)13)3-4-8(9)10/h3-5H,2,6H2,1H3. The van der Waals surface area contributed by atoms with E-state index in [-0.39, 0.29) is 5.69 Å². The van der Waals surface area contributed by atoms with E-state index < -0.39 is 4.92 Å². The Hall–Kier alpha value is -1.78. The van der Waals surface area contributed by atoms with Crippen LogP contribution < -0.4 is 9.64 Å². The second-order valence-electron chi connectivity index (χ2n) is 3.04. The molecule has 2 rings (SSSR count). The second-order valence-corrected chi connectivity index (χ2v) is 3.04. The molecule has 0 fully saturated rings. The predicted octanol–water partition coefficient (Wildman–Crippen LogP) is 1.77. The summed E-state index contributed by atoms with van der Waals surface area (Å²) in [5, 5.41) is 10.5. The molecule has 0 aromatic heterocycles. The molecule has 0 bridgehead atoms. The smallest absolute Gasteiger partial charge is 0.273 e. The van der Waals surface area contributed by atoms with Gasteiger partial charge in [0, 0.05) is 12.6 Å². The number of anilines is 1. The van der Waals surface area contributed by atoms with Crippen molar-refractivity contribution in [3.8, 4) is 5.75 Å². The highest BCUT2D eigenvalue weighted by molar-refractivity contribution is 5.64. The van der Waals surface area contributed by atoms with Gasteiger partial charge in [-0.05, 0) is 13.0 Å². The first kappa shape index (κ1) is 8.80. The molecule has 1 aliphatic rings. The summed E-state index contributed by atoms with van der Waals surface area (Å²) in [6, 6.07) is 4.69. The normalized spacial score (nSPS) is 13.6. The summed E-state index contributed by atoms with van der Waals surface area (Å²) in [4.78, 5) is 12.1. The van der Waals surface area contributed by atoms with Gasteiger partial charge in [-0.3, -0.25) is 10.1 Å². The van der Waals surface area contributed by atoms with Crippen LogP contribution in [0.2, 0.25) is 0 Å². The van der Waals surface area contributed by atoms with E-state index in [2.05, 4.69) is 0 Å². The lowest BCUT2D eigenvalue weighted by Gasteiger charge is -2.12. The first-order valence-corrected chi connectivity index (χ1v) is 4.38. The van der Waals surface area contributed by atoms with Crippen molar-refractivity contribution < 1.29 is 9.66 Å². The lowest BCUT2D eigenvalue weighted by molar-refractivity contribution is -0.384. The quantitative estimate of drug-likeness (QED) is 0.531. The summed E-state index contributed by atoms with van der Waals surface area (Å²) in [5.41, 5.74) is 1.000. The van der Waals surface area contributed by atoms with Crippen LogP contribution in [0.1, 0.15) is 6.92 Å². The van der Waals surface area contributed by atoms with Crippen molar-refractivity contribution in [3.63, 3.8) is 0 Å². The maximum atomic E-state index is 10.5. The number of non-ortho nitro benzene ring substituents is 1. The van der Waals surface area contributed by atoms with Crippen molar-refractivity contribution in [2.45, 2.75) is 6.92 Å². The lowest BCUT2D eigenvalue weighted by atomic mass is 10.2. The SMILES string of the molecule is CCN1COc2cc([N+](=O)[O-])ccc21. The fourth-order valence-electron chi connectivity index (χ4n) is 1.47. The zero-order valence-electron chi connectivity index (χ0n) is 7.77. The number of rotatable bonds is 2. The van der Waals surface area contributed by atoms with E-state index in [1.807, 2.05) is 11.8 Å². The largest absolute Gasteiger partial charge is 0.471 e. The van der Waals surface area contributed by atoms with Gasteiger partial charge >= 0.3 is 0 Å². The summed E-state index contributed by atoms with van der Waals surface area (Å²) in [7, 11) is 0. The highest BCUT2D eigenvalue weighted by Gasteiger charge is 2.21. The number of hydrogen-bond acceptors (Lipinski definition) is 4. The molecular weight excluding hydrogens is 184 g/mol. The molecule has 0 spiro atoms. The number of ether oxygens (including phenoxy) is 1. The molecule has 0 atom stereocenters. The van der Waals surface area contributed by atoms with Crippen molar-refractivity contribution >= 4 is 11.4 Å². The number of benzene rings is 1. The molecule has 0 amide bonds. The van der Waals surface area contributed by atoms with E-state index in [0.717, 1.165) is 12.2 Å². The Kier molecular flexibility index (Phi) is 1.99. The van der Waals surface area contributed by atoms with Gasteiger partial charge in [-0.1, -0.05) is 0 Å². The monoisotopic (exact) mass is 194 g/mol. The average molecular weight is 194 g/mol. The molecule has 0 N–H and O–H groups in total. The zero-order chi connectivity index (χ0) is 10.1. The first-order chi connectivity index (χ1) is 6.72. The Bertz CT molecular complexity index is 378. The van der Waals surface area contributed by atoms with Crippen LogP contribution in [0.3, 0.4) is 0 Å². The Morgan fingerprint density at radius 2 is 2.43 bits per heavy atom. The van der Waals surface area contributed by atoms with Crippen LogP contribution in [-0.4, -0.2) is 18.2 Å². The van der Waals surface area contributed by atoms with Crippen LogP contribution in [0.25, 0.3) is 0 Å². The van der Waals surface area contributed by atoms with Crippen LogP contribution in [-0.2, 0) is 0 Å².